The van der Waals surface area contributed by atoms with Crippen molar-refractivity contribution in [1.82, 2.24) is 0 Å². The molecule has 1 unspecified atom stereocenters. The average molecular weight is 408 g/mol. The lowest BCUT2D eigenvalue weighted by molar-refractivity contribution is -0.115. The SMILES string of the molecule is CCCCCCCC(I)C(=O)CI. The number of hydrogen-bond donors (Lipinski definition) is 0. The minimum Gasteiger partial charge on any atom is -0.298 e. The fraction of sp³-hybridized carbons (Fsp3) is 0.900. The number of halogens is 2. The molecule has 0 aliphatic carbocycles. The minimum atomic E-state index is 0.260. The topological polar surface area (TPSA) is 17.1 Å². The van der Waals surface area contributed by atoms with E-state index in [1.807, 2.05) is 0 Å². The second-order valence-corrected chi connectivity index (χ2v) is 5.54. The van der Waals surface area contributed by atoms with E-state index >= 15 is 0 Å². The molecule has 0 fully saturated rings. The van der Waals surface area contributed by atoms with Gasteiger partial charge in [-0.1, -0.05) is 84.2 Å². The number of Topliss-reactive ketones (excluding diaryl/α,β-unsaturated/α-hetero) is 1. The first-order chi connectivity index (χ1) is 6.22. The van der Waals surface area contributed by atoms with Crippen molar-refractivity contribution in [2.45, 2.75) is 49.4 Å². The van der Waals surface area contributed by atoms with Crippen molar-refractivity contribution in [3.8, 4) is 0 Å². The summed E-state index contributed by atoms with van der Waals surface area (Å²) in [7, 11) is 0. The summed E-state index contributed by atoms with van der Waals surface area (Å²) in [5.41, 5.74) is 0. The molecule has 0 N–H and O–H groups in total. The van der Waals surface area contributed by atoms with E-state index in [2.05, 4.69) is 52.1 Å². The van der Waals surface area contributed by atoms with Crippen LogP contribution in [0.15, 0.2) is 0 Å². The van der Waals surface area contributed by atoms with Crippen molar-refractivity contribution in [3.63, 3.8) is 0 Å². The summed E-state index contributed by atoms with van der Waals surface area (Å²) >= 11 is 4.42. The minimum absolute atomic E-state index is 0.260. The summed E-state index contributed by atoms with van der Waals surface area (Å²) in [6, 6.07) is 0. The fourth-order valence-electron chi connectivity index (χ4n) is 1.17. The van der Waals surface area contributed by atoms with Gasteiger partial charge in [0, 0.05) is 0 Å². The van der Waals surface area contributed by atoms with E-state index in [9.17, 15) is 4.79 Å². The van der Waals surface area contributed by atoms with Crippen molar-refractivity contribution < 1.29 is 4.79 Å². The third-order valence-corrected chi connectivity index (χ3v) is 4.11. The van der Waals surface area contributed by atoms with Gasteiger partial charge < -0.3 is 0 Å². The molecule has 0 aromatic rings. The van der Waals surface area contributed by atoms with Crippen LogP contribution < -0.4 is 0 Å². The van der Waals surface area contributed by atoms with Gasteiger partial charge in [-0.2, -0.15) is 0 Å². The number of hydrogen-bond acceptors (Lipinski definition) is 1. The van der Waals surface area contributed by atoms with Crippen LogP contribution in [0.2, 0.25) is 0 Å². The van der Waals surface area contributed by atoms with Gasteiger partial charge in [-0.15, -0.1) is 0 Å². The van der Waals surface area contributed by atoms with Crippen molar-refractivity contribution in [1.29, 1.82) is 0 Å². The predicted molar refractivity (Wildman–Crippen MR) is 75.1 cm³/mol. The van der Waals surface area contributed by atoms with Gasteiger partial charge in [0.15, 0.2) is 5.78 Å². The largest absolute Gasteiger partial charge is 0.298 e. The number of carbonyl (C=O) groups is 1. The Morgan fingerprint density at radius 3 is 2.38 bits per heavy atom. The van der Waals surface area contributed by atoms with Crippen LogP contribution in [0.3, 0.4) is 0 Å². The van der Waals surface area contributed by atoms with Gasteiger partial charge in [0.1, 0.15) is 0 Å². The second kappa shape index (κ2) is 9.68. The maximum Gasteiger partial charge on any atom is 0.155 e. The molecule has 0 spiro atoms. The Morgan fingerprint density at radius 2 is 1.85 bits per heavy atom. The molecule has 13 heavy (non-hydrogen) atoms. The molecule has 3 heteroatoms. The number of rotatable bonds is 8. The van der Waals surface area contributed by atoms with E-state index in [0.29, 0.717) is 10.2 Å². The third-order valence-electron chi connectivity index (χ3n) is 2.04. The van der Waals surface area contributed by atoms with Gasteiger partial charge in [-0.3, -0.25) is 4.79 Å². The van der Waals surface area contributed by atoms with Crippen molar-refractivity contribution >= 4 is 51.0 Å². The first-order valence-corrected chi connectivity index (χ1v) is 7.72. The van der Waals surface area contributed by atoms with E-state index in [1.54, 1.807) is 0 Å². The quantitative estimate of drug-likeness (QED) is 0.335. The zero-order valence-electron chi connectivity index (χ0n) is 8.19. The second-order valence-electron chi connectivity index (χ2n) is 3.27. The predicted octanol–water partition coefficient (Wildman–Crippen LogP) is 4.15. The van der Waals surface area contributed by atoms with E-state index in [-0.39, 0.29) is 3.92 Å². The molecule has 0 aromatic carbocycles. The lowest BCUT2D eigenvalue weighted by Gasteiger charge is -2.05. The Balaban J connectivity index is 3.26. The molecule has 0 aromatic heterocycles. The molecule has 0 bridgehead atoms. The molecule has 0 aliphatic heterocycles. The molecule has 0 amide bonds. The molecular weight excluding hydrogens is 390 g/mol. The first-order valence-electron chi connectivity index (χ1n) is 4.95. The molecule has 0 rings (SSSR count). The lowest BCUT2D eigenvalue weighted by Crippen LogP contribution is -2.14. The molecule has 0 aliphatic rings. The number of unbranched alkanes of at least 4 members (excludes halogenated alkanes) is 4. The molecule has 78 valence electrons. The maximum absolute atomic E-state index is 11.2. The highest BCUT2D eigenvalue weighted by atomic mass is 127. The van der Waals surface area contributed by atoms with E-state index in [4.69, 9.17) is 0 Å². The number of alkyl halides is 2. The molecule has 0 heterocycles. The van der Waals surface area contributed by atoms with Gasteiger partial charge >= 0.3 is 0 Å². The van der Waals surface area contributed by atoms with E-state index in [1.165, 1.54) is 32.1 Å². The lowest BCUT2D eigenvalue weighted by atomic mass is 10.1. The van der Waals surface area contributed by atoms with Crippen LogP contribution in [0, 0.1) is 0 Å². The van der Waals surface area contributed by atoms with Crippen molar-refractivity contribution in [2.24, 2.45) is 0 Å². The molecule has 0 radical (unpaired) electrons. The fourth-order valence-corrected chi connectivity index (χ4v) is 3.21. The Bertz CT molecular complexity index is 137. The molecule has 1 atom stereocenters. The molecule has 0 saturated heterocycles. The first kappa shape index (κ1) is 14.1. The molecule has 1 nitrogen and oxygen atoms in total. The standard InChI is InChI=1S/C10H18I2O/c1-2-3-4-5-6-7-9(12)10(13)8-11/h9H,2-8H2,1H3. The van der Waals surface area contributed by atoms with Crippen LogP contribution in [0.1, 0.15) is 45.4 Å². The van der Waals surface area contributed by atoms with Crippen LogP contribution in [0.4, 0.5) is 0 Å². The van der Waals surface area contributed by atoms with Crippen molar-refractivity contribution in [3.05, 3.63) is 0 Å². The Hall–Kier alpha value is 1.13. The van der Waals surface area contributed by atoms with Crippen LogP contribution in [-0.2, 0) is 4.79 Å². The highest BCUT2D eigenvalue weighted by molar-refractivity contribution is 14.1. The zero-order valence-corrected chi connectivity index (χ0v) is 12.5. The Morgan fingerprint density at radius 1 is 1.23 bits per heavy atom. The third kappa shape index (κ3) is 8.15. The van der Waals surface area contributed by atoms with Crippen LogP contribution in [-0.4, -0.2) is 14.1 Å². The van der Waals surface area contributed by atoms with Gasteiger partial charge in [-0.25, -0.2) is 0 Å². The maximum atomic E-state index is 11.2. The van der Waals surface area contributed by atoms with Crippen LogP contribution >= 0.6 is 45.2 Å². The summed E-state index contributed by atoms with van der Waals surface area (Å²) in [6.07, 6.45) is 7.55. The number of ketones is 1. The van der Waals surface area contributed by atoms with E-state index < -0.39 is 0 Å². The summed E-state index contributed by atoms with van der Waals surface area (Å²) in [5, 5.41) is 0. The van der Waals surface area contributed by atoms with Gasteiger partial charge in [0.2, 0.25) is 0 Å². The van der Waals surface area contributed by atoms with Gasteiger partial charge in [0.25, 0.3) is 0 Å². The smallest absolute Gasteiger partial charge is 0.155 e. The van der Waals surface area contributed by atoms with Crippen molar-refractivity contribution in [2.75, 3.05) is 4.43 Å². The summed E-state index contributed by atoms with van der Waals surface area (Å²) in [5.74, 6) is 0.400. The summed E-state index contributed by atoms with van der Waals surface area (Å²) in [4.78, 5) is 11.2. The number of carbonyl (C=O) groups excluding carboxylic acids is 1. The van der Waals surface area contributed by atoms with E-state index in [0.717, 1.165) is 6.42 Å². The normalized spacial score (nSPS) is 12.8. The summed E-state index contributed by atoms with van der Waals surface area (Å²) < 4.78 is 0.927. The van der Waals surface area contributed by atoms with Crippen LogP contribution in [0.25, 0.3) is 0 Å². The monoisotopic (exact) mass is 408 g/mol. The average Bonchev–Trinajstić information content (AvgIpc) is 2.16. The highest BCUT2D eigenvalue weighted by Crippen LogP contribution is 2.14. The van der Waals surface area contributed by atoms with Gasteiger partial charge in [-0.05, 0) is 6.42 Å². The Kier molecular flexibility index (Phi) is 10.5. The molecule has 0 saturated carbocycles. The Labute approximate surface area is 109 Å². The van der Waals surface area contributed by atoms with Gasteiger partial charge in [0.05, 0.1) is 8.35 Å². The van der Waals surface area contributed by atoms with Crippen LogP contribution in [0.5, 0.6) is 0 Å². The highest BCUT2D eigenvalue weighted by Gasteiger charge is 2.11. The zero-order chi connectivity index (χ0) is 10.1. The summed E-state index contributed by atoms with van der Waals surface area (Å²) in [6.45, 7) is 2.22. The molecular formula is C10H18I2O.